The first-order valence-electron chi connectivity index (χ1n) is 5.77. The van der Waals surface area contributed by atoms with Gasteiger partial charge in [-0.05, 0) is 30.4 Å². The van der Waals surface area contributed by atoms with Crippen LogP contribution in [-0.4, -0.2) is 16.0 Å². The van der Waals surface area contributed by atoms with Gasteiger partial charge in [-0.15, -0.1) is 0 Å². The molecule has 3 nitrogen and oxygen atoms in total. The van der Waals surface area contributed by atoms with Crippen molar-refractivity contribution in [3.8, 4) is 0 Å². The Morgan fingerprint density at radius 2 is 1.45 bits per heavy atom. The van der Waals surface area contributed by atoms with Gasteiger partial charge in [0.2, 0.25) is 0 Å². The molecule has 0 aliphatic heterocycles. The van der Waals surface area contributed by atoms with E-state index in [1.54, 1.807) is 0 Å². The third kappa shape index (κ3) is 5.23. The molecule has 0 atom stereocenters. The second-order valence-corrected chi connectivity index (χ2v) is 3.55. The summed E-state index contributed by atoms with van der Waals surface area (Å²) >= 11 is 0. The summed E-state index contributed by atoms with van der Waals surface area (Å²) in [6, 6.07) is 0. The van der Waals surface area contributed by atoms with Crippen LogP contribution >= 0.6 is 0 Å². The Balaban J connectivity index is 5.80. The number of hydrogen-bond acceptors (Lipinski definition) is 3. The highest BCUT2D eigenvalue weighted by Gasteiger charge is 2.10. The molecule has 3 heteroatoms. The van der Waals surface area contributed by atoms with Gasteiger partial charge in [-0.3, -0.25) is 4.79 Å². The summed E-state index contributed by atoms with van der Waals surface area (Å²) in [6.45, 7) is 13.9. The highest BCUT2D eigenvalue weighted by atomic mass is 16.3. The van der Waals surface area contributed by atoms with Gasteiger partial charge in [0.25, 0.3) is 0 Å². The molecule has 0 aliphatic carbocycles. The number of allylic oxidation sites excluding steroid dienone is 9. The number of aliphatic hydroxyl groups is 2. The first kappa shape index (κ1) is 17.2. The molecule has 104 valence electrons. The first-order valence-corrected chi connectivity index (χ1v) is 5.77. The quantitative estimate of drug-likeness (QED) is 0.397. The smallest absolute Gasteiger partial charge is 0.178 e. The van der Waals surface area contributed by atoms with Crippen LogP contribution in [0.25, 0.3) is 0 Å². The van der Waals surface area contributed by atoms with E-state index in [4.69, 9.17) is 0 Å². The molecule has 0 unspecified atom stereocenters. The summed E-state index contributed by atoms with van der Waals surface area (Å²) in [5, 5.41) is 20.0. The SMILES string of the molecule is C=C/C=C(O)\C(=C/C=C)C(O)=C(C=C)C=CC(=O)C=C. The van der Waals surface area contributed by atoms with E-state index in [0.717, 1.165) is 6.08 Å². The maximum Gasteiger partial charge on any atom is 0.178 e. The number of rotatable bonds is 8. The molecule has 0 radical (unpaired) electrons. The second-order valence-electron chi connectivity index (χ2n) is 3.55. The maximum absolute atomic E-state index is 11.1. The minimum Gasteiger partial charge on any atom is -0.507 e. The summed E-state index contributed by atoms with van der Waals surface area (Å²) in [6.07, 6.45) is 10.7. The van der Waals surface area contributed by atoms with Crippen molar-refractivity contribution in [2.45, 2.75) is 0 Å². The lowest BCUT2D eigenvalue weighted by molar-refractivity contribution is -0.110. The zero-order valence-electron chi connectivity index (χ0n) is 11.2. The van der Waals surface area contributed by atoms with E-state index in [2.05, 4.69) is 26.3 Å². The van der Waals surface area contributed by atoms with Crippen LogP contribution in [-0.2, 0) is 4.79 Å². The van der Waals surface area contributed by atoms with Gasteiger partial charge in [0.1, 0.15) is 11.5 Å². The average Bonchev–Trinajstić information content (AvgIpc) is 2.44. The van der Waals surface area contributed by atoms with Gasteiger partial charge in [0.05, 0.1) is 5.57 Å². The first-order chi connectivity index (χ1) is 9.51. The van der Waals surface area contributed by atoms with Gasteiger partial charge in [-0.25, -0.2) is 0 Å². The van der Waals surface area contributed by atoms with E-state index >= 15 is 0 Å². The van der Waals surface area contributed by atoms with E-state index < -0.39 is 0 Å². The van der Waals surface area contributed by atoms with E-state index in [-0.39, 0.29) is 28.4 Å². The lowest BCUT2D eigenvalue weighted by atomic mass is 10.0. The molecule has 0 heterocycles. The predicted octanol–water partition coefficient (Wildman–Crippen LogP) is 4.04. The second kappa shape index (κ2) is 9.16. The fraction of sp³-hybridized carbons (Fsp3) is 0. The predicted molar refractivity (Wildman–Crippen MR) is 83.4 cm³/mol. The monoisotopic (exact) mass is 270 g/mol. The molecule has 0 saturated heterocycles. The van der Waals surface area contributed by atoms with E-state index in [9.17, 15) is 15.0 Å². The van der Waals surface area contributed by atoms with Crippen molar-refractivity contribution in [1.29, 1.82) is 0 Å². The number of carbonyl (C=O) groups is 1. The van der Waals surface area contributed by atoms with Gasteiger partial charge in [0, 0.05) is 5.57 Å². The molecular formula is C17H18O3. The zero-order valence-corrected chi connectivity index (χ0v) is 11.2. The van der Waals surface area contributed by atoms with Crippen molar-refractivity contribution in [2.75, 3.05) is 0 Å². The minimum atomic E-state index is -0.308. The Morgan fingerprint density at radius 3 is 1.90 bits per heavy atom. The molecule has 0 fully saturated rings. The average molecular weight is 270 g/mol. The summed E-state index contributed by atoms with van der Waals surface area (Å²) in [7, 11) is 0. The van der Waals surface area contributed by atoms with Gasteiger partial charge in [0.15, 0.2) is 5.78 Å². The number of ketones is 1. The summed E-state index contributed by atoms with van der Waals surface area (Å²) in [4.78, 5) is 11.1. The van der Waals surface area contributed by atoms with Crippen LogP contribution in [0.5, 0.6) is 0 Å². The van der Waals surface area contributed by atoms with Crippen LogP contribution in [0.1, 0.15) is 0 Å². The third-order valence-electron chi connectivity index (χ3n) is 2.21. The molecule has 0 aromatic heterocycles. The Hall–Kier alpha value is -2.81. The van der Waals surface area contributed by atoms with E-state index in [0.29, 0.717) is 0 Å². The Bertz CT molecular complexity index is 541. The van der Waals surface area contributed by atoms with Crippen molar-refractivity contribution in [1.82, 2.24) is 0 Å². The molecule has 2 N–H and O–H groups in total. The highest BCUT2D eigenvalue weighted by Crippen LogP contribution is 2.20. The number of hydrogen-bond donors (Lipinski definition) is 2. The topological polar surface area (TPSA) is 57.5 Å². The van der Waals surface area contributed by atoms with Crippen LogP contribution in [0.3, 0.4) is 0 Å². The third-order valence-corrected chi connectivity index (χ3v) is 2.21. The fourth-order valence-corrected chi connectivity index (χ4v) is 1.24. The standard InChI is InChI=1S/C17H18O3/c1-5-9-15(16(19)10-6-2)17(20)13(7-3)11-12-14(18)8-4/h5-12,19-20H,1-4H2/b12-11?,15-9+,16-10+,17-13?. The Labute approximate surface area is 119 Å². The van der Waals surface area contributed by atoms with Gasteiger partial charge >= 0.3 is 0 Å². The molecule has 0 saturated carbocycles. The van der Waals surface area contributed by atoms with E-state index in [1.807, 2.05) is 0 Å². The summed E-state index contributed by atoms with van der Waals surface area (Å²) in [5.41, 5.74) is 0.419. The zero-order chi connectivity index (χ0) is 15.5. The maximum atomic E-state index is 11.1. The molecule has 0 bridgehead atoms. The highest BCUT2D eigenvalue weighted by molar-refractivity contribution is 5.99. The van der Waals surface area contributed by atoms with Crippen LogP contribution in [0, 0.1) is 0 Å². The Morgan fingerprint density at radius 1 is 0.850 bits per heavy atom. The molecule has 0 aliphatic rings. The molecular weight excluding hydrogens is 252 g/mol. The van der Waals surface area contributed by atoms with Gasteiger partial charge in [-0.2, -0.15) is 0 Å². The molecule has 20 heavy (non-hydrogen) atoms. The number of aliphatic hydroxyl groups excluding tert-OH is 2. The van der Waals surface area contributed by atoms with Crippen molar-refractivity contribution in [3.63, 3.8) is 0 Å². The van der Waals surface area contributed by atoms with Crippen LogP contribution in [0.4, 0.5) is 0 Å². The van der Waals surface area contributed by atoms with Crippen LogP contribution in [0.2, 0.25) is 0 Å². The minimum absolute atomic E-state index is 0.144. The molecule has 0 spiro atoms. The van der Waals surface area contributed by atoms with Gasteiger partial charge < -0.3 is 10.2 Å². The molecule has 0 aromatic rings. The Kier molecular flexibility index (Phi) is 7.88. The molecule has 0 aromatic carbocycles. The summed E-state index contributed by atoms with van der Waals surface area (Å²) < 4.78 is 0. The van der Waals surface area contributed by atoms with Crippen molar-refractivity contribution in [2.24, 2.45) is 0 Å². The number of carbonyl (C=O) groups excluding carboxylic acids is 1. The lowest BCUT2D eigenvalue weighted by Gasteiger charge is -2.07. The van der Waals surface area contributed by atoms with Gasteiger partial charge in [-0.1, -0.05) is 44.5 Å². The fourth-order valence-electron chi connectivity index (χ4n) is 1.24. The van der Waals surface area contributed by atoms with Crippen molar-refractivity contribution in [3.05, 3.63) is 97.6 Å². The molecule has 0 rings (SSSR count). The van der Waals surface area contributed by atoms with E-state index in [1.165, 1.54) is 42.5 Å². The van der Waals surface area contributed by atoms with Crippen molar-refractivity contribution >= 4 is 5.78 Å². The summed E-state index contributed by atoms with van der Waals surface area (Å²) in [5.74, 6) is -0.721. The van der Waals surface area contributed by atoms with Crippen LogP contribution in [0.15, 0.2) is 97.6 Å². The van der Waals surface area contributed by atoms with Crippen molar-refractivity contribution < 1.29 is 15.0 Å². The normalized spacial score (nSPS) is 13.6. The lowest BCUT2D eigenvalue weighted by Crippen LogP contribution is -1.97. The largest absolute Gasteiger partial charge is 0.507 e. The molecule has 0 amide bonds. The van der Waals surface area contributed by atoms with Crippen LogP contribution < -0.4 is 0 Å².